The third kappa shape index (κ3) is 3.49. The highest BCUT2D eigenvalue weighted by Crippen LogP contribution is 2.27. The van der Waals surface area contributed by atoms with Crippen LogP contribution in [0.1, 0.15) is 17.3 Å². The number of rotatable bonds is 4. The Bertz CT molecular complexity index is 793. The van der Waals surface area contributed by atoms with Crippen molar-refractivity contribution in [2.45, 2.75) is 6.92 Å². The van der Waals surface area contributed by atoms with Crippen LogP contribution in [-0.4, -0.2) is 36.9 Å². The van der Waals surface area contributed by atoms with Gasteiger partial charge in [-0.3, -0.25) is 14.9 Å². The molecule has 0 aromatic heterocycles. The quantitative estimate of drug-likeness (QED) is 0.474. The van der Waals surface area contributed by atoms with Crippen molar-refractivity contribution in [2.24, 2.45) is 0 Å². The fourth-order valence-corrected chi connectivity index (χ4v) is 3.04. The molecule has 0 saturated carbocycles. The lowest BCUT2D eigenvalue weighted by Gasteiger charge is -2.37. The van der Waals surface area contributed by atoms with Crippen LogP contribution in [0.15, 0.2) is 36.4 Å². The Kier molecular flexibility index (Phi) is 4.83. The summed E-state index contributed by atoms with van der Waals surface area (Å²) in [6, 6.07) is 7.95. The van der Waals surface area contributed by atoms with Crippen molar-refractivity contribution in [1.82, 2.24) is 0 Å². The predicted molar refractivity (Wildman–Crippen MR) is 93.9 cm³/mol. The van der Waals surface area contributed by atoms with Crippen LogP contribution in [0.2, 0.25) is 0 Å². The Hall–Kier alpha value is -3.03. The van der Waals surface area contributed by atoms with Gasteiger partial charge in [0.25, 0.3) is 5.69 Å². The van der Waals surface area contributed by atoms with Crippen LogP contribution in [0, 0.1) is 21.7 Å². The molecule has 0 aliphatic carbocycles. The van der Waals surface area contributed by atoms with Gasteiger partial charge in [-0.1, -0.05) is 0 Å². The first-order chi connectivity index (χ1) is 12.4. The van der Waals surface area contributed by atoms with E-state index in [1.54, 1.807) is 17.0 Å². The fraction of sp³-hybridized carbons (Fsp3) is 0.278. The smallest absolute Gasteiger partial charge is 0.272 e. The minimum Gasteiger partial charge on any atom is -0.366 e. The van der Waals surface area contributed by atoms with Crippen molar-refractivity contribution in [3.05, 3.63) is 63.7 Å². The molecule has 0 bridgehead atoms. The molecule has 136 valence electrons. The molecular weight excluding hydrogens is 344 g/mol. The molecule has 2 aromatic rings. The summed E-state index contributed by atoms with van der Waals surface area (Å²) < 4.78 is 28.4. The van der Waals surface area contributed by atoms with Gasteiger partial charge in [0.15, 0.2) is 11.6 Å². The second-order valence-electron chi connectivity index (χ2n) is 6.09. The summed E-state index contributed by atoms with van der Waals surface area (Å²) in [6.07, 6.45) is 0. The predicted octanol–water partition coefficient (Wildman–Crippen LogP) is 3.40. The number of carbonyl (C=O) groups is 1. The molecule has 0 atom stereocenters. The van der Waals surface area contributed by atoms with Crippen LogP contribution in [0.3, 0.4) is 0 Å². The highest BCUT2D eigenvalue weighted by Gasteiger charge is 2.23. The average Bonchev–Trinajstić information content (AvgIpc) is 2.61. The van der Waals surface area contributed by atoms with E-state index in [2.05, 4.69) is 0 Å². The Labute approximate surface area is 148 Å². The highest BCUT2D eigenvalue weighted by atomic mass is 19.1. The first-order valence-electron chi connectivity index (χ1n) is 8.11. The standard InChI is InChI=1S/C18H17F2N3O3/c1-12(24)13-2-4-17(15(19)10-13)21-6-8-22(9-7-21)18-5-3-14(23(25)26)11-16(18)20/h2-5,10-11H,6-9H2,1H3. The third-order valence-electron chi connectivity index (χ3n) is 4.46. The molecule has 0 N–H and O–H groups in total. The fourth-order valence-electron chi connectivity index (χ4n) is 3.04. The normalized spacial score (nSPS) is 14.4. The van der Waals surface area contributed by atoms with Gasteiger partial charge in [-0.05, 0) is 31.2 Å². The van der Waals surface area contributed by atoms with Crippen LogP contribution in [0.5, 0.6) is 0 Å². The highest BCUT2D eigenvalue weighted by molar-refractivity contribution is 5.94. The van der Waals surface area contributed by atoms with Crippen molar-refractivity contribution < 1.29 is 18.5 Å². The molecule has 0 radical (unpaired) electrons. The van der Waals surface area contributed by atoms with E-state index in [-0.39, 0.29) is 11.5 Å². The van der Waals surface area contributed by atoms with Gasteiger partial charge in [-0.15, -0.1) is 0 Å². The molecule has 0 amide bonds. The lowest BCUT2D eigenvalue weighted by Crippen LogP contribution is -2.47. The molecule has 0 spiro atoms. The first-order valence-corrected chi connectivity index (χ1v) is 8.11. The molecule has 0 unspecified atom stereocenters. The van der Waals surface area contributed by atoms with E-state index in [0.29, 0.717) is 43.1 Å². The number of nitro groups is 1. The van der Waals surface area contributed by atoms with Gasteiger partial charge in [-0.2, -0.15) is 0 Å². The summed E-state index contributed by atoms with van der Waals surface area (Å²) >= 11 is 0. The molecule has 26 heavy (non-hydrogen) atoms. The van der Waals surface area contributed by atoms with Gasteiger partial charge in [0.2, 0.25) is 0 Å². The van der Waals surface area contributed by atoms with E-state index >= 15 is 0 Å². The van der Waals surface area contributed by atoms with E-state index in [0.717, 1.165) is 6.07 Å². The number of hydrogen-bond donors (Lipinski definition) is 0. The van der Waals surface area contributed by atoms with Crippen molar-refractivity contribution >= 4 is 22.8 Å². The zero-order valence-corrected chi connectivity index (χ0v) is 14.1. The molecular formula is C18H17F2N3O3. The number of nitro benzene ring substituents is 1. The summed E-state index contributed by atoms with van der Waals surface area (Å²) in [5, 5.41) is 10.7. The monoisotopic (exact) mass is 361 g/mol. The summed E-state index contributed by atoms with van der Waals surface area (Å²) in [7, 11) is 0. The minimum atomic E-state index is -0.648. The molecule has 3 rings (SSSR count). The van der Waals surface area contributed by atoms with Crippen LogP contribution < -0.4 is 9.80 Å². The second kappa shape index (κ2) is 7.07. The summed E-state index contributed by atoms with van der Waals surface area (Å²) in [5.41, 5.74) is 0.719. The lowest BCUT2D eigenvalue weighted by molar-refractivity contribution is -0.385. The van der Waals surface area contributed by atoms with E-state index in [4.69, 9.17) is 0 Å². The van der Waals surface area contributed by atoms with Crippen molar-refractivity contribution in [3.8, 4) is 0 Å². The van der Waals surface area contributed by atoms with E-state index in [9.17, 15) is 23.7 Å². The SMILES string of the molecule is CC(=O)c1ccc(N2CCN(c3ccc([N+](=O)[O-])cc3F)CC2)c(F)c1. The molecule has 6 nitrogen and oxygen atoms in total. The number of benzene rings is 2. The number of ketones is 1. The minimum absolute atomic E-state index is 0.200. The number of carbonyl (C=O) groups excluding carboxylic acids is 1. The Morgan fingerprint density at radius 3 is 1.88 bits per heavy atom. The van der Waals surface area contributed by atoms with Gasteiger partial charge in [0.1, 0.15) is 5.82 Å². The van der Waals surface area contributed by atoms with Crippen molar-refractivity contribution in [1.29, 1.82) is 0 Å². The Morgan fingerprint density at radius 2 is 1.46 bits per heavy atom. The van der Waals surface area contributed by atoms with Gasteiger partial charge >= 0.3 is 0 Å². The first kappa shape index (κ1) is 17.8. The molecule has 1 saturated heterocycles. The topological polar surface area (TPSA) is 66.7 Å². The molecule has 2 aromatic carbocycles. The number of hydrogen-bond acceptors (Lipinski definition) is 5. The van der Waals surface area contributed by atoms with Crippen molar-refractivity contribution in [3.63, 3.8) is 0 Å². The Balaban J connectivity index is 1.72. The summed E-state index contributed by atoms with van der Waals surface area (Å²) in [5.74, 6) is -1.31. The number of non-ortho nitro benzene ring substituents is 1. The van der Waals surface area contributed by atoms with Gasteiger partial charge in [0, 0.05) is 37.8 Å². The molecule has 1 heterocycles. The number of Topliss-reactive ketones (excluding diaryl/α,β-unsaturated/α-hetero) is 1. The molecule has 1 aliphatic heterocycles. The van der Waals surface area contributed by atoms with Crippen LogP contribution in [-0.2, 0) is 0 Å². The van der Waals surface area contributed by atoms with Gasteiger partial charge in [0.05, 0.1) is 22.4 Å². The van der Waals surface area contributed by atoms with Crippen LogP contribution >= 0.6 is 0 Å². The number of anilines is 2. The van der Waals surface area contributed by atoms with Crippen LogP contribution in [0.4, 0.5) is 25.8 Å². The largest absolute Gasteiger partial charge is 0.366 e. The number of piperazine rings is 1. The maximum Gasteiger partial charge on any atom is 0.272 e. The van der Waals surface area contributed by atoms with Gasteiger partial charge in [-0.25, -0.2) is 8.78 Å². The molecule has 8 heteroatoms. The van der Waals surface area contributed by atoms with Crippen LogP contribution in [0.25, 0.3) is 0 Å². The molecule has 1 fully saturated rings. The second-order valence-corrected chi connectivity index (χ2v) is 6.09. The van der Waals surface area contributed by atoms with Gasteiger partial charge < -0.3 is 9.80 Å². The maximum absolute atomic E-state index is 14.3. The number of nitrogens with zero attached hydrogens (tertiary/aromatic N) is 3. The van der Waals surface area contributed by atoms with E-state index in [1.807, 2.05) is 4.90 Å². The zero-order chi connectivity index (χ0) is 18.8. The van der Waals surface area contributed by atoms with Crippen molar-refractivity contribution in [2.75, 3.05) is 36.0 Å². The number of halogens is 2. The summed E-state index contributed by atoms with van der Waals surface area (Å²) in [6.45, 7) is 3.21. The maximum atomic E-state index is 14.3. The molecule has 1 aliphatic rings. The average molecular weight is 361 g/mol. The van der Waals surface area contributed by atoms with E-state index in [1.165, 1.54) is 25.1 Å². The van der Waals surface area contributed by atoms with E-state index < -0.39 is 16.6 Å². The summed E-state index contributed by atoms with van der Waals surface area (Å²) in [4.78, 5) is 25.0. The lowest BCUT2D eigenvalue weighted by atomic mass is 10.1. The Morgan fingerprint density at radius 1 is 0.962 bits per heavy atom. The zero-order valence-electron chi connectivity index (χ0n) is 14.1. The third-order valence-corrected chi connectivity index (χ3v) is 4.46.